The van der Waals surface area contributed by atoms with Crippen LogP contribution in [0.2, 0.25) is 0 Å². The van der Waals surface area contributed by atoms with Crippen molar-refractivity contribution >= 4 is 39.8 Å². The van der Waals surface area contributed by atoms with Crippen LogP contribution in [-0.2, 0) is 4.79 Å². The third-order valence-electron chi connectivity index (χ3n) is 4.03. The maximum atomic E-state index is 12.6. The molecule has 3 aromatic rings. The van der Waals surface area contributed by atoms with Gasteiger partial charge in [0.1, 0.15) is 5.75 Å². The number of aromatic nitrogens is 1. The molecule has 0 atom stereocenters. The summed E-state index contributed by atoms with van der Waals surface area (Å²) in [5.41, 5.74) is 2.57. The summed E-state index contributed by atoms with van der Waals surface area (Å²) < 4.78 is 5.20. The zero-order chi connectivity index (χ0) is 19.9. The predicted octanol–water partition coefficient (Wildman–Crippen LogP) is 6.17. The summed E-state index contributed by atoms with van der Waals surface area (Å²) in [5.74, 6) is 1.67. The number of hydrogen-bond donors (Lipinski definition) is 0. The van der Waals surface area contributed by atoms with Gasteiger partial charge in [-0.15, -0.1) is 23.1 Å². The molecule has 0 aliphatic carbocycles. The third-order valence-corrected chi connectivity index (χ3v) is 6.08. The maximum absolute atomic E-state index is 12.6. The number of rotatable bonds is 8. The fraction of sp³-hybridized carbons (Fsp3) is 0.182. The summed E-state index contributed by atoms with van der Waals surface area (Å²) >= 11 is 3.24. The minimum absolute atomic E-state index is 0.204. The summed E-state index contributed by atoms with van der Waals surface area (Å²) in [4.78, 5) is 20.0. The van der Waals surface area contributed by atoms with E-state index in [0.717, 1.165) is 34.9 Å². The van der Waals surface area contributed by atoms with Crippen molar-refractivity contribution in [1.82, 2.24) is 4.98 Å². The Bertz CT molecular complexity index is 934. The number of thiazole rings is 1. The Hall–Kier alpha value is -2.57. The first-order chi connectivity index (χ1) is 13.7. The lowest BCUT2D eigenvalue weighted by molar-refractivity contribution is -0.113. The van der Waals surface area contributed by atoms with Crippen molar-refractivity contribution in [3.63, 3.8) is 0 Å². The van der Waals surface area contributed by atoms with Crippen LogP contribution in [0.25, 0.3) is 11.3 Å². The number of carbonyl (C=O) groups is 1. The fourth-order valence-corrected chi connectivity index (χ4v) is 4.22. The zero-order valence-electron chi connectivity index (χ0n) is 15.9. The molecule has 6 heteroatoms. The zero-order valence-corrected chi connectivity index (χ0v) is 17.6. The van der Waals surface area contributed by atoms with Gasteiger partial charge in [-0.05, 0) is 66.8 Å². The normalized spacial score (nSPS) is 10.5. The van der Waals surface area contributed by atoms with Crippen LogP contribution >= 0.6 is 23.1 Å². The second-order valence-electron chi connectivity index (χ2n) is 5.96. The van der Waals surface area contributed by atoms with E-state index in [-0.39, 0.29) is 5.91 Å². The van der Waals surface area contributed by atoms with E-state index < -0.39 is 0 Å². The van der Waals surface area contributed by atoms with Gasteiger partial charge in [-0.25, -0.2) is 4.98 Å². The smallest absolute Gasteiger partial charge is 0.256 e. The Labute approximate surface area is 173 Å². The van der Waals surface area contributed by atoms with Crippen molar-refractivity contribution in [2.45, 2.75) is 18.2 Å². The molecule has 0 saturated carbocycles. The average Bonchev–Trinajstić information content (AvgIpc) is 3.23. The number of nitrogens with zero attached hydrogens (tertiary/aromatic N) is 2. The van der Waals surface area contributed by atoms with Gasteiger partial charge in [0.15, 0.2) is 5.13 Å². The minimum Gasteiger partial charge on any atom is -0.497 e. The first kappa shape index (κ1) is 20.2. The number of hydrogen-bond acceptors (Lipinski definition) is 5. The van der Waals surface area contributed by atoms with E-state index in [2.05, 4.69) is 18.5 Å². The molecule has 1 heterocycles. The summed E-state index contributed by atoms with van der Waals surface area (Å²) in [5, 5.41) is 2.57. The van der Waals surface area contributed by atoms with E-state index in [0.29, 0.717) is 5.13 Å². The van der Waals surface area contributed by atoms with Gasteiger partial charge in [0.25, 0.3) is 5.91 Å². The largest absolute Gasteiger partial charge is 0.497 e. The Morgan fingerprint density at radius 3 is 2.54 bits per heavy atom. The fourth-order valence-electron chi connectivity index (χ4n) is 2.60. The monoisotopic (exact) mass is 410 g/mol. The highest BCUT2D eigenvalue weighted by Gasteiger charge is 2.19. The predicted molar refractivity (Wildman–Crippen MR) is 119 cm³/mol. The molecule has 0 N–H and O–H groups in total. The number of methoxy groups -OCH3 is 1. The molecule has 0 saturated heterocycles. The second kappa shape index (κ2) is 9.57. The van der Waals surface area contributed by atoms with Crippen LogP contribution in [0.4, 0.5) is 10.8 Å². The van der Waals surface area contributed by atoms with Gasteiger partial charge < -0.3 is 4.74 Å². The summed E-state index contributed by atoms with van der Waals surface area (Å²) in [6, 6.07) is 15.7. The van der Waals surface area contributed by atoms with Crippen LogP contribution in [0, 0.1) is 0 Å². The van der Waals surface area contributed by atoms with Crippen molar-refractivity contribution in [3.05, 3.63) is 66.6 Å². The highest BCUT2D eigenvalue weighted by Crippen LogP contribution is 2.34. The highest BCUT2D eigenvalue weighted by atomic mass is 32.2. The van der Waals surface area contributed by atoms with Crippen molar-refractivity contribution in [1.29, 1.82) is 0 Å². The Morgan fingerprint density at radius 2 is 1.93 bits per heavy atom. The van der Waals surface area contributed by atoms with Crippen molar-refractivity contribution in [2.24, 2.45) is 0 Å². The Morgan fingerprint density at radius 1 is 1.21 bits per heavy atom. The number of ether oxygens (including phenoxy) is 1. The molecule has 0 unspecified atom stereocenters. The van der Waals surface area contributed by atoms with Crippen LogP contribution in [0.1, 0.15) is 13.3 Å². The number of thioether (sulfide) groups is 1. The number of carbonyl (C=O) groups excluding carboxylic acids is 1. The molecule has 1 aromatic heterocycles. The van der Waals surface area contributed by atoms with Crippen molar-refractivity contribution < 1.29 is 9.53 Å². The lowest BCUT2D eigenvalue weighted by Crippen LogP contribution is -2.23. The number of amides is 1. The van der Waals surface area contributed by atoms with Gasteiger partial charge in [0.2, 0.25) is 0 Å². The molecule has 0 aliphatic heterocycles. The van der Waals surface area contributed by atoms with Crippen LogP contribution < -0.4 is 9.64 Å². The third kappa shape index (κ3) is 4.64. The van der Waals surface area contributed by atoms with Crippen LogP contribution in [-0.4, -0.2) is 23.8 Å². The molecule has 4 nitrogen and oxygen atoms in total. The summed E-state index contributed by atoms with van der Waals surface area (Å²) in [6.07, 6.45) is 2.44. The summed E-state index contributed by atoms with van der Waals surface area (Å²) in [7, 11) is 1.64. The van der Waals surface area contributed by atoms with Crippen LogP contribution in [0.15, 0.2) is 71.5 Å². The molecule has 28 heavy (non-hydrogen) atoms. The molecule has 0 aliphatic rings. The molecule has 0 bridgehead atoms. The van der Waals surface area contributed by atoms with E-state index >= 15 is 0 Å². The van der Waals surface area contributed by atoms with Gasteiger partial charge in [-0.1, -0.05) is 13.5 Å². The van der Waals surface area contributed by atoms with Gasteiger partial charge >= 0.3 is 0 Å². The van der Waals surface area contributed by atoms with E-state index in [1.165, 1.54) is 22.3 Å². The molecular formula is C22H22N2O2S2. The molecular weight excluding hydrogens is 388 g/mol. The lowest BCUT2D eigenvalue weighted by Gasteiger charge is -2.18. The summed E-state index contributed by atoms with van der Waals surface area (Å²) in [6.45, 7) is 5.80. The Kier molecular flexibility index (Phi) is 6.90. The molecule has 2 aromatic carbocycles. The minimum atomic E-state index is -0.204. The van der Waals surface area contributed by atoms with Crippen molar-refractivity contribution in [3.8, 4) is 17.0 Å². The quantitative estimate of drug-likeness (QED) is 0.329. The van der Waals surface area contributed by atoms with Crippen LogP contribution in [0.5, 0.6) is 5.75 Å². The van der Waals surface area contributed by atoms with Gasteiger partial charge in [0.05, 0.1) is 18.5 Å². The van der Waals surface area contributed by atoms with Crippen molar-refractivity contribution in [2.75, 3.05) is 17.8 Å². The molecule has 0 radical (unpaired) electrons. The molecule has 3 rings (SSSR count). The molecule has 144 valence electrons. The second-order valence-corrected chi connectivity index (χ2v) is 7.97. The molecule has 0 fully saturated rings. The SMILES string of the molecule is C=CC(=O)N(c1ccc(SCCC)cc1)c1nc(-c2ccc(OC)cc2)cs1. The highest BCUT2D eigenvalue weighted by molar-refractivity contribution is 7.99. The van der Waals surface area contributed by atoms with E-state index in [9.17, 15) is 4.79 Å². The first-order valence-corrected chi connectivity index (χ1v) is 10.8. The van der Waals surface area contributed by atoms with Gasteiger partial charge in [0, 0.05) is 15.8 Å². The number of anilines is 2. The van der Waals surface area contributed by atoms with Gasteiger partial charge in [-0.2, -0.15) is 0 Å². The van der Waals surface area contributed by atoms with Gasteiger partial charge in [-0.3, -0.25) is 9.69 Å². The van der Waals surface area contributed by atoms with E-state index in [1.54, 1.807) is 12.0 Å². The first-order valence-electron chi connectivity index (χ1n) is 8.95. The standard InChI is InChI=1S/C22H22N2O2S2/c1-4-14-27-19-12-8-17(9-13-19)24(21(25)5-2)22-23-20(15-28-22)16-6-10-18(26-3)11-7-16/h5-13,15H,2,4,14H2,1,3H3. The average molecular weight is 411 g/mol. The van der Waals surface area contributed by atoms with E-state index in [4.69, 9.17) is 4.74 Å². The van der Waals surface area contributed by atoms with E-state index in [1.807, 2.05) is 65.7 Å². The molecule has 0 spiro atoms. The molecule has 1 amide bonds. The lowest BCUT2D eigenvalue weighted by atomic mass is 10.2. The van der Waals surface area contributed by atoms with Crippen LogP contribution in [0.3, 0.4) is 0 Å². The topological polar surface area (TPSA) is 42.4 Å². The maximum Gasteiger partial charge on any atom is 0.256 e. The number of benzene rings is 2. The Balaban J connectivity index is 1.89.